The van der Waals surface area contributed by atoms with Crippen molar-refractivity contribution in [1.29, 1.82) is 0 Å². The zero-order chi connectivity index (χ0) is 19.5. The lowest BCUT2D eigenvalue weighted by molar-refractivity contribution is 0.199. The second kappa shape index (κ2) is 8.19. The van der Waals surface area contributed by atoms with Crippen LogP contribution in [0, 0.1) is 0 Å². The van der Waals surface area contributed by atoms with E-state index in [-0.39, 0.29) is 0 Å². The molecule has 0 aliphatic carbocycles. The summed E-state index contributed by atoms with van der Waals surface area (Å²) >= 11 is 7.65. The molecule has 0 fully saturated rings. The van der Waals surface area contributed by atoms with Crippen LogP contribution in [0.2, 0.25) is 5.02 Å². The highest BCUT2D eigenvalue weighted by Crippen LogP contribution is 2.36. The molecular weight excluding hydrogens is 390 g/mol. The number of rotatable bonds is 5. The van der Waals surface area contributed by atoms with Crippen LogP contribution in [-0.4, -0.2) is 19.9 Å². The Morgan fingerprint density at radius 3 is 2.43 bits per heavy atom. The van der Waals surface area contributed by atoms with Crippen LogP contribution in [0.4, 0.5) is 0 Å². The maximum atomic E-state index is 9.77. The SMILES string of the molecule is CC(O)c1ccc(-c2nn(-c3cccnc3)cc2Sc2ccc(Cl)cc2)cc1. The minimum absolute atomic E-state index is 0.495. The van der Waals surface area contributed by atoms with Gasteiger partial charge in [-0.2, -0.15) is 5.10 Å². The molecule has 0 aliphatic heterocycles. The number of benzene rings is 2. The molecule has 4 nitrogen and oxygen atoms in total. The summed E-state index contributed by atoms with van der Waals surface area (Å²) in [5.41, 5.74) is 3.64. The third-order valence-electron chi connectivity index (χ3n) is 4.30. The van der Waals surface area contributed by atoms with Crippen LogP contribution in [0.25, 0.3) is 16.9 Å². The van der Waals surface area contributed by atoms with Gasteiger partial charge in [-0.1, -0.05) is 47.6 Å². The molecule has 140 valence electrons. The fourth-order valence-corrected chi connectivity index (χ4v) is 3.86. The van der Waals surface area contributed by atoms with Crippen molar-refractivity contribution >= 4 is 23.4 Å². The first kappa shape index (κ1) is 18.7. The number of hydrogen-bond acceptors (Lipinski definition) is 4. The van der Waals surface area contributed by atoms with E-state index in [1.165, 1.54) is 0 Å². The summed E-state index contributed by atoms with van der Waals surface area (Å²) in [4.78, 5) is 6.29. The van der Waals surface area contributed by atoms with Gasteiger partial charge in [0, 0.05) is 27.9 Å². The van der Waals surface area contributed by atoms with Crippen LogP contribution in [0.1, 0.15) is 18.6 Å². The molecule has 2 aromatic carbocycles. The molecule has 0 amide bonds. The van der Waals surface area contributed by atoms with Crippen molar-refractivity contribution in [2.75, 3.05) is 0 Å². The van der Waals surface area contributed by atoms with Crippen LogP contribution in [-0.2, 0) is 0 Å². The highest BCUT2D eigenvalue weighted by molar-refractivity contribution is 7.99. The highest BCUT2D eigenvalue weighted by Gasteiger charge is 2.14. The third-order valence-corrected chi connectivity index (χ3v) is 5.58. The molecule has 0 spiro atoms. The van der Waals surface area contributed by atoms with Crippen molar-refractivity contribution in [3.05, 3.63) is 89.8 Å². The molecule has 0 aliphatic rings. The Bertz CT molecular complexity index is 1060. The molecule has 0 saturated heterocycles. The molecule has 2 aromatic heterocycles. The van der Waals surface area contributed by atoms with Gasteiger partial charge in [-0.05, 0) is 48.9 Å². The first-order chi connectivity index (χ1) is 13.6. The highest BCUT2D eigenvalue weighted by atomic mass is 35.5. The number of aliphatic hydroxyl groups excluding tert-OH is 1. The minimum atomic E-state index is -0.495. The quantitative estimate of drug-likeness (QED) is 0.454. The fraction of sp³-hybridized carbons (Fsp3) is 0.0909. The zero-order valence-electron chi connectivity index (χ0n) is 15.2. The van der Waals surface area contributed by atoms with Crippen molar-refractivity contribution in [3.63, 3.8) is 0 Å². The standard InChI is InChI=1S/C22H18ClN3OS/c1-15(27)16-4-6-17(7-5-16)22-21(28-20-10-8-18(23)9-11-20)14-26(25-22)19-3-2-12-24-13-19/h2-15,27H,1H3. The zero-order valence-corrected chi connectivity index (χ0v) is 16.7. The molecule has 0 bridgehead atoms. The maximum absolute atomic E-state index is 9.77. The summed E-state index contributed by atoms with van der Waals surface area (Å²) in [6, 6.07) is 19.5. The van der Waals surface area contributed by atoms with Crippen LogP contribution < -0.4 is 0 Å². The molecule has 0 radical (unpaired) electrons. The smallest absolute Gasteiger partial charge is 0.107 e. The van der Waals surface area contributed by atoms with Gasteiger partial charge < -0.3 is 5.11 Å². The number of hydrogen-bond donors (Lipinski definition) is 1. The Labute approximate surface area is 172 Å². The lowest BCUT2D eigenvalue weighted by Crippen LogP contribution is -1.95. The molecule has 2 heterocycles. The van der Waals surface area contributed by atoms with Gasteiger partial charge in [0.05, 0.1) is 22.9 Å². The molecule has 0 saturated carbocycles. The van der Waals surface area contributed by atoms with E-state index in [4.69, 9.17) is 16.7 Å². The summed E-state index contributed by atoms with van der Waals surface area (Å²) in [5, 5.41) is 15.3. The fourth-order valence-electron chi connectivity index (χ4n) is 2.80. The number of halogens is 1. The number of aliphatic hydroxyl groups is 1. The number of nitrogens with zero attached hydrogens (tertiary/aromatic N) is 3. The molecule has 1 atom stereocenters. The van der Waals surface area contributed by atoms with E-state index in [1.54, 1.807) is 31.1 Å². The van der Waals surface area contributed by atoms with Gasteiger partial charge in [-0.25, -0.2) is 4.68 Å². The molecule has 6 heteroatoms. The van der Waals surface area contributed by atoms with E-state index >= 15 is 0 Å². The molecule has 1 N–H and O–H groups in total. The predicted molar refractivity (Wildman–Crippen MR) is 113 cm³/mol. The van der Waals surface area contributed by atoms with Crippen LogP contribution in [0.15, 0.2) is 89.0 Å². The van der Waals surface area contributed by atoms with E-state index in [1.807, 2.05) is 71.5 Å². The van der Waals surface area contributed by atoms with E-state index in [0.29, 0.717) is 5.02 Å². The summed E-state index contributed by atoms with van der Waals surface area (Å²) < 4.78 is 1.84. The van der Waals surface area contributed by atoms with Crippen molar-refractivity contribution < 1.29 is 5.11 Å². The minimum Gasteiger partial charge on any atom is -0.389 e. The maximum Gasteiger partial charge on any atom is 0.107 e. The number of pyridine rings is 1. The van der Waals surface area contributed by atoms with Gasteiger partial charge in [0.15, 0.2) is 0 Å². The molecule has 1 unspecified atom stereocenters. The van der Waals surface area contributed by atoms with Gasteiger partial charge >= 0.3 is 0 Å². The summed E-state index contributed by atoms with van der Waals surface area (Å²) in [7, 11) is 0. The van der Waals surface area contributed by atoms with Crippen molar-refractivity contribution in [2.24, 2.45) is 0 Å². The van der Waals surface area contributed by atoms with E-state index < -0.39 is 6.10 Å². The van der Waals surface area contributed by atoms with E-state index in [0.717, 1.165) is 32.3 Å². The van der Waals surface area contributed by atoms with E-state index in [2.05, 4.69) is 4.98 Å². The van der Waals surface area contributed by atoms with Gasteiger partial charge in [0.2, 0.25) is 0 Å². The average molecular weight is 408 g/mol. The largest absolute Gasteiger partial charge is 0.389 e. The summed E-state index contributed by atoms with van der Waals surface area (Å²) in [5.74, 6) is 0. The normalized spacial score (nSPS) is 12.1. The Hall–Kier alpha value is -2.60. The van der Waals surface area contributed by atoms with Gasteiger partial charge in [0.25, 0.3) is 0 Å². The lowest BCUT2D eigenvalue weighted by Gasteiger charge is -2.06. The van der Waals surface area contributed by atoms with Crippen molar-refractivity contribution in [2.45, 2.75) is 22.8 Å². The second-order valence-corrected chi connectivity index (χ2v) is 7.90. The Morgan fingerprint density at radius 1 is 1.04 bits per heavy atom. The van der Waals surface area contributed by atoms with Crippen molar-refractivity contribution in [3.8, 4) is 16.9 Å². The topological polar surface area (TPSA) is 50.9 Å². The summed E-state index contributed by atoms with van der Waals surface area (Å²) in [6.07, 6.45) is 5.04. The predicted octanol–water partition coefficient (Wildman–Crippen LogP) is 5.79. The number of aromatic nitrogens is 3. The molecule has 4 aromatic rings. The third kappa shape index (κ3) is 4.12. The first-order valence-electron chi connectivity index (χ1n) is 8.82. The molecule has 4 rings (SSSR count). The Morgan fingerprint density at radius 2 is 1.79 bits per heavy atom. The van der Waals surface area contributed by atoms with Crippen LogP contribution in [0.5, 0.6) is 0 Å². The van der Waals surface area contributed by atoms with Crippen molar-refractivity contribution in [1.82, 2.24) is 14.8 Å². The monoisotopic (exact) mass is 407 g/mol. The van der Waals surface area contributed by atoms with E-state index in [9.17, 15) is 5.11 Å². The van der Waals surface area contributed by atoms with Crippen LogP contribution in [0.3, 0.4) is 0 Å². The first-order valence-corrected chi connectivity index (χ1v) is 10.0. The Balaban J connectivity index is 1.76. The lowest BCUT2D eigenvalue weighted by atomic mass is 10.1. The summed E-state index contributed by atoms with van der Waals surface area (Å²) in [6.45, 7) is 1.76. The molecule has 28 heavy (non-hydrogen) atoms. The Kier molecular flexibility index (Phi) is 5.48. The second-order valence-electron chi connectivity index (χ2n) is 6.35. The molecular formula is C22H18ClN3OS. The van der Waals surface area contributed by atoms with Crippen LogP contribution >= 0.6 is 23.4 Å². The van der Waals surface area contributed by atoms with Gasteiger partial charge in [0.1, 0.15) is 5.69 Å². The average Bonchev–Trinajstić information content (AvgIpc) is 3.14. The van der Waals surface area contributed by atoms with Gasteiger partial charge in [-0.3, -0.25) is 4.98 Å². The van der Waals surface area contributed by atoms with Gasteiger partial charge in [-0.15, -0.1) is 0 Å².